The van der Waals surface area contributed by atoms with Crippen LogP contribution in [0.2, 0.25) is 0 Å². The number of carbonyl (C=O) groups is 1. The van der Waals surface area contributed by atoms with Crippen LogP contribution in [0.15, 0.2) is 24.3 Å². The molecule has 1 aromatic carbocycles. The average molecular weight is 357 g/mol. The van der Waals surface area contributed by atoms with Gasteiger partial charge < -0.3 is 19.9 Å². The van der Waals surface area contributed by atoms with Crippen LogP contribution in [0.1, 0.15) is 12.0 Å². The molecule has 0 bridgehead atoms. The number of halogens is 3. The summed E-state index contributed by atoms with van der Waals surface area (Å²) in [6.45, 7) is 4.16. The summed E-state index contributed by atoms with van der Waals surface area (Å²) >= 11 is 0. The van der Waals surface area contributed by atoms with Crippen LogP contribution in [0.3, 0.4) is 0 Å². The molecule has 0 radical (unpaired) electrons. The second kappa shape index (κ2) is 7.61. The Kier molecular flexibility index (Phi) is 5.48. The Morgan fingerprint density at radius 2 is 2.00 bits per heavy atom. The number of benzene rings is 1. The smallest absolute Gasteiger partial charge is 0.375 e. The number of carbonyl (C=O) groups excluding carboxylic acids is 1. The number of rotatable bonds is 3. The van der Waals surface area contributed by atoms with Crippen LogP contribution in [-0.4, -0.2) is 62.8 Å². The second-order valence-electron chi connectivity index (χ2n) is 6.32. The molecule has 25 heavy (non-hydrogen) atoms. The third-order valence-electron chi connectivity index (χ3n) is 4.58. The first-order valence-electron chi connectivity index (χ1n) is 8.46. The van der Waals surface area contributed by atoms with E-state index in [4.69, 9.17) is 4.74 Å². The van der Waals surface area contributed by atoms with Crippen LogP contribution < -0.4 is 10.2 Å². The van der Waals surface area contributed by atoms with E-state index >= 15 is 0 Å². The number of nitrogens with one attached hydrogen (secondary N) is 1. The molecule has 0 saturated carbocycles. The van der Waals surface area contributed by atoms with Gasteiger partial charge in [0.1, 0.15) is 0 Å². The first-order chi connectivity index (χ1) is 11.9. The number of morpholine rings is 1. The lowest BCUT2D eigenvalue weighted by atomic mass is 10.1. The monoisotopic (exact) mass is 357 g/mol. The Morgan fingerprint density at radius 1 is 1.24 bits per heavy atom. The van der Waals surface area contributed by atoms with Gasteiger partial charge in [0.05, 0.1) is 24.7 Å². The molecule has 3 rings (SSSR count). The molecule has 0 aliphatic carbocycles. The molecule has 8 heteroatoms. The van der Waals surface area contributed by atoms with Gasteiger partial charge in [0.2, 0.25) is 5.91 Å². The quantitative estimate of drug-likeness (QED) is 0.895. The molecular weight excluding hydrogens is 335 g/mol. The van der Waals surface area contributed by atoms with Gasteiger partial charge in [0.25, 0.3) is 0 Å². The zero-order valence-electron chi connectivity index (χ0n) is 13.9. The van der Waals surface area contributed by atoms with Gasteiger partial charge in [-0.3, -0.25) is 4.79 Å². The molecule has 2 saturated heterocycles. The molecule has 1 amide bonds. The van der Waals surface area contributed by atoms with Crippen molar-refractivity contribution in [3.05, 3.63) is 29.8 Å². The van der Waals surface area contributed by atoms with Gasteiger partial charge in [0, 0.05) is 45.0 Å². The number of alkyl halides is 3. The summed E-state index contributed by atoms with van der Waals surface area (Å²) in [6.07, 6.45) is -4.10. The van der Waals surface area contributed by atoms with Crippen LogP contribution in [0, 0.1) is 0 Å². The van der Waals surface area contributed by atoms with Gasteiger partial charge >= 0.3 is 6.18 Å². The number of ether oxygens (including phenoxy) is 1. The molecule has 1 N–H and O–H groups in total. The average Bonchev–Trinajstić information content (AvgIpc) is 2.62. The summed E-state index contributed by atoms with van der Waals surface area (Å²) in [7, 11) is 0. The number of hydrogen-bond acceptors (Lipinski definition) is 4. The van der Waals surface area contributed by atoms with Gasteiger partial charge in [0.15, 0.2) is 0 Å². The number of amides is 1. The van der Waals surface area contributed by atoms with Gasteiger partial charge in [-0.05, 0) is 18.2 Å². The summed E-state index contributed by atoms with van der Waals surface area (Å²) in [5.74, 6) is 0.0393. The highest BCUT2D eigenvalue weighted by Gasteiger charge is 2.31. The second-order valence-corrected chi connectivity index (χ2v) is 6.32. The standard InChI is InChI=1S/C17H22F3N3O2/c18-17(19,20)13-2-1-3-14(10-13)22-5-7-23(8-6-22)16(24)11-15-12-21-4-9-25-15/h1-3,10,15,21H,4-9,11-12H2/t15-/m0/s1. The number of anilines is 1. The number of nitrogens with zero attached hydrogens (tertiary/aromatic N) is 2. The predicted molar refractivity (Wildman–Crippen MR) is 87.5 cm³/mol. The fourth-order valence-corrected chi connectivity index (χ4v) is 3.17. The van der Waals surface area contributed by atoms with Crippen molar-refractivity contribution in [3.63, 3.8) is 0 Å². The third-order valence-corrected chi connectivity index (χ3v) is 4.58. The zero-order valence-corrected chi connectivity index (χ0v) is 13.9. The van der Waals surface area contributed by atoms with Crippen LogP contribution in [0.4, 0.5) is 18.9 Å². The molecule has 1 aromatic rings. The summed E-state index contributed by atoms with van der Waals surface area (Å²) in [4.78, 5) is 16.0. The molecule has 0 spiro atoms. The topological polar surface area (TPSA) is 44.8 Å². The minimum atomic E-state index is -4.35. The van der Waals surface area contributed by atoms with Crippen molar-refractivity contribution in [1.82, 2.24) is 10.2 Å². The molecule has 2 fully saturated rings. The Bertz CT molecular complexity index is 595. The highest BCUT2D eigenvalue weighted by atomic mass is 19.4. The Hall–Kier alpha value is -1.80. The molecule has 1 atom stereocenters. The Balaban J connectivity index is 1.54. The van der Waals surface area contributed by atoms with Crippen LogP contribution >= 0.6 is 0 Å². The molecule has 2 aliphatic heterocycles. The maximum atomic E-state index is 12.8. The summed E-state index contributed by atoms with van der Waals surface area (Å²) in [6, 6.07) is 5.33. The molecule has 0 aromatic heterocycles. The van der Waals surface area contributed by atoms with E-state index in [9.17, 15) is 18.0 Å². The van der Waals surface area contributed by atoms with Gasteiger partial charge in [-0.2, -0.15) is 13.2 Å². The maximum absolute atomic E-state index is 12.8. The van der Waals surface area contributed by atoms with Crippen molar-refractivity contribution < 1.29 is 22.7 Å². The first kappa shape index (κ1) is 18.0. The first-order valence-corrected chi connectivity index (χ1v) is 8.46. The number of piperazine rings is 1. The van der Waals surface area contributed by atoms with Crippen molar-refractivity contribution in [1.29, 1.82) is 0 Å². The summed E-state index contributed by atoms with van der Waals surface area (Å²) in [5, 5.41) is 3.19. The van der Waals surface area contributed by atoms with Crippen molar-refractivity contribution in [3.8, 4) is 0 Å². The Labute approximate surface area is 144 Å². The zero-order chi connectivity index (χ0) is 17.9. The van der Waals surface area contributed by atoms with Crippen molar-refractivity contribution >= 4 is 11.6 Å². The maximum Gasteiger partial charge on any atom is 0.416 e. The minimum Gasteiger partial charge on any atom is -0.375 e. The van der Waals surface area contributed by atoms with E-state index in [1.54, 1.807) is 11.0 Å². The number of hydrogen-bond donors (Lipinski definition) is 1. The van der Waals surface area contributed by atoms with E-state index in [0.29, 0.717) is 51.4 Å². The Morgan fingerprint density at radius 3 is 2.64 bits per heavy atom. The van der Waals surface area contributed by atoms with Crippen molar-refractivity contribution in [2.75, 3.05) is 50.8 Å². The van der Waals surface area contributed by atoms with E-state index in [0.717, 1.165) is 12.6 Å². The minimum absolute atomic E-state index is 0.0393. The van der Waals surface area contributed by atoms with E-state index < -0.39 is 11.7 Å². The highest BCUT2D eigenvalue weighted by molar-refractivity contribution is 5.77. The summed E-state index contributed by atoms with van der Waals surface area (Å²) in [5.41, 5.74) is -0.104. The van der Waals surface area contributed by atoms with Crippen LogP contribution in [0.5, 0.6) is 0 Å². The lowest BCUT2D eigenvalue weighted by Gasteiger charge is -2.37. The molecule has 2 aliphatic rings. The third kappa shape index (κ3) is 4.64. The molecule has 138 valence electrons. The molecule has 2 heterocycles. The SMILES string of the molecule is O=C(C[C@H]1CNCCO1)N1CCN(c2cccc(C(F)(F)F)c2)CC1. The van der Waals surface area contributed by atoms with Crippen molar-refractivity contribution in [2.45, 2.75) is 18.7 Å². The lowest BCUT2D eigenvalue weighted by Crippen LogP contribution is -2.50. The van der Waals surface area contributed by atoms with Gasteiger partial charge in [-0.1, -0.05) is 6.07 Å². The molecule has 0 unspecified atom stereocenters. The molecule has 5 nitrogen and oxygen atoms in total. The predicted octanol–water partition coefficient (Wildman–Crippen LogP) is 1.73. The van der Waals surface area contributed by atoms with Crippen LogP contribution in [0.25, 0.3) is 0 Å². The van der Waals surface area contributed by atoms with E-state index in [2.05, 4.69) is 5.32 Å². The fraction of sp³-hybridized carbons (Fsp3) is 0.588. The molecular formula is C17H22F3N3O2. The van der Waals surface area contributed by atoms with E-state index in [1.807, 2.05) is 4.90 Å². The normalized spacial score (nSPS) is 22.1. The van der Waals surface area contributed by atoms with Crippen LogP contribution in [-0.2, 0) is 15.7 Å². The largest absolute Gasteiger partial charge is 0.416 e. The van der Waals surface area contributed by atoms with E-state index in [-0.39, 0.29) is 12.0 Å². The summed E-state index contributed by atoms with van der Waals surface area (Å²) < 4.78 is 44.1. The fourth-order valence-electron chi connectivity index (χ4n) is 3.17. The highest BCUT2D eigenvalue weighted by Crippen LogP contribution is 2.31. The van der Waals surface area contributed by atoms with Gasteiger partial charge in [-0.25, -0.2) is 0 Å². The van der Waals surface area contributed by atoms with Gasteiger partial charge in [-0.15, -0.1) is 0 Å². The lowest BCUT2D eigenvalue weighted by molar-refractivity contribution is -0.137. The van der Waals surface area contributed by atoms with E-state index in [1.165, 1.54) is 12.1 Å². The van der Waals surface area contributed by atoms with Crippen molar-refractivity contribution in [2.24, 2.45) is 0 Å².